The SMILES string of the molecule is CCCCn1ncc(S(=O)(=O)Cl)c1C1CC1. The van der Waals surface area contributed by atoms with Crippen LogP contribution in [-0.2, 0) is 15.6 Å². The van der Waals surface area contributed by atoms with Gasteiger partial charge in [-0.05, 0) is 19.3 Å². The summed E-state index contributed by atoms with van der Waals surface area (Å²) in [4.78, 5) is 0.202. The lowest BCUT2D eigenvalue weighted by Gasteiger charge is -2.06. The third-order valence-corrected chi connectivity index (χ3v) is 4.13. The second kappa shape index (κ2) is 4.37. The van der Waals surface area contributed by atoms with Gasteiger partial charge in [0, 0.05) is 23.1 Å². The Morgan fingerprint density at radius 1 is 1.56 bits per heavy atom. The van der Waals surface area contributed by atoms with Gasteiger partial charge in [0.05, 0.1) is 11.9 Å². The second-order valence-corrected chi connectivity index (χ2v) is 6.72. The summed E-state index contributed by atoms with van der Waals surface area (Å²) in [6.45, 7) is 2.87. The highest BCUT2D eigenvalue weighted by Gasteiger charge is 2.33. The van der Waals surface area contributed by atoms with Gasteiger partial charge in [0.15, 0.2) is 0 Å². The standard InChI is InChI=1S/C10H15ClN2O2S/c1-2-3-6-13-10(8-4-5-8)9(7-12-13)16(11,14)15/h7-8H,2-6H2,1H3. The number of hydrogen-bond acceptors (Lipinski definition) is 3. The minimum absolute atomic E-state index is 0.202. The fraction of sp³-hybridized carbons (Fsp3) is 0.700. The molecule has 0 aliphatic heterocycles. The van der Waals surface area contributed by atoms with Gasteiger partial charge in [0.25, 0.3) is 9.05 Å². The van der Waals surface area contributed by atoms with Crippen molar-refractivity contribution in [1.29, 1.82) is 0 Å². The van der Waals surface area contributed by atoms with Crippen molar-refractivity contribution in [3.8, 4) is 0 Å². The molecule has 0 radical (unpaired) electrons. The summed E-state index contributed by atoms with van der Waals surface area (Å²) in [7, 11) is 1.75. The summed E-state index contributed by atoms with van der Waals surface area (Å²) in [5.74, 6) is 0.336. The number of hydrogen-bond donors (Lipinski definition) is 0. The van der Waals surface area contributed by atoms with E-state index in [0.717, 1.165) is 37.9 Å². The average Bonchev–Trinajstić information content (AvgIpc) is 2.94. The number of unbranched alkanes of at least 4 members (excludes halogenated alkanes) is 1. The maximum atomic E-state index is 11.4. The number of aryl methyl sites for hydroxylation is 1. The van der Waals surface area contributed by atoms with E-state index in [9.17, 15) is 8.42 Å². The van der Waals surface area contributed by atoms with E-state index < -0.39 is 9.05 Å². The molecule has 0 bridgehead atoms. The van der Waals surface area contributed by atoms with Crippen LogP contribution in [0, 0.1) is 0 Å². The Morgan fingerprint density at radius 2 is 2.25 bits per heavy atom. The first-order valence-electron chi connectivity index (χ1n) is 5.54. The van der Waals surface area contributed by atoms with Gasteiger partial charge >= 0.3 is 0 Å². The molecule has 0 saturated heterocycles. The molecule has 1 aromatic rings. The van der Waals surface area contributed by atoms with Crippen molar-refractivity contribution in [3.63, 3.8) is 0 Å². The van der Waals surface area contributed by atoms with Crippen LogP contribution in [0.4, 0.5) is 0 Å². The molecule has 0 aromatic carbocycles. The Bertz CT molecular complexity index is 477. The van der Waals surface area contributed by atoms with Gasteiger partial charge in [-0.1, -0.05) is 13.3 Å². The quantitative estimate of drug-likeness (QED) is 0.766. The van der Waals surface area contributed by atoms with Crippen LogP contribution < -0.4 is 0 Å². The van der Waals surface area contributed by atoms with Crippen LogP contribution in [0.15, 0.2) is 11.1 Å². The molecule has 6 heteroatoms. The highest BCUT2D eigenvalue weighted by atomic mass is 35.7. The zero-order valence-electron chi connectivity index (χ0n) is 9.19. The Hall–Kier alpha value is -0.550. The zero-order chi connectivity index (χ0) is 11.8. The summed E-state index contributed by atoms with van der Waals surface area (Å²) in [6, 6.07) is 0. The van der Waals surface area contributed by atoms with E-state index >= 15 is 0 Å². The fourth-order valence-electron chi connectivity index (χ4n) is 1.82. The molecule has 1 heterocycles. The summed E-state index contributed by atoms with van der Waals surface area (Å²) in [5.41, 5.74) is 0.809. The first-order chi connectivity index (χ1) is 7.54. The maximum Gasteiger partial charge on any atom is 0.264 e. The van der Waals surface area contributed by atoms with E-state index in [1.807, 2.05) is 0 Å². The van der Waals surface area contributed by atoms with Crippen LogP contribution in [0.25, 0.3) is 0 Å². The largest absolute Gasteiger partial charge is 0.268 e. The summed E-state index contributed by atoms with van der Waals surface area (Å²) < 4.78 is 24.6. The minimum atomic E-state index is -3.65. The second-order valence-electron chi connectivity index (χ2n) is 4.18. The number of halogens is 1. The molecule has 4 nitrogen and oxygen atoms in total. The van der Waals surface area contributed by atoms with E-state index in [-0.39, 0.29) is 4.90 Å². The van der Waals surface area contributed by atoms with Gasteiger partial charge in [-0.15, -0.1) is 0 Å². The number of nitrogens with zero attached hydrogens (tertiary/aromatic N) is 2. The Labute approximate surface area is 100 Å². The molecule has 0 unspecified atom stereocenters. The van der Waals surface area contributed by atoms with Crippen LogP contribution in [0.5, 0.6) is 0 Å². The highest BCUT2D eigenvalue weighted by Crippen LogP contribution is 2.43. The topological polar surface area (TPSA) is 52.0 Å². The van der Waals surface area contributed by atoms with E-state index in [4.69, 9.17) is 10.7 Å². The molecule has 90 valence electrons. The first-order valence-corrected chi connectivity index (χ1v) is 7.85. The predicted molar refractivity (Wildman–Crippen MR) is 62.1 cm³/mol. The van der Waals surface area contributed by atoms with Crippen molar-refractivity contribution in [3.05, 3.63) is 11.9 Å². The van der Waals surface area contributed by atoms with Crippen molar-refractivity contribution < 1.29 is 8.42 Å². The molecule has 0 amide bonds. The summed E-state index contributed by atoms with van der Waals surface area (Å²) in [6.07, 6.45) is 5.52. The van der Waals surface area contributed by atoms with E-state index in [0.29, 0.717) is 5.92 Å². The van der Waals surface area contributed by atoms with E-state index in [1.54, 1.807) is 4.68 Å². The molecule has 1 aliphatic carbocycles. The first kappa shape index (κ1) is 11.9. The van der Waals surface area contributed by atoms with Gasteiger partial charge < -0.3 is 0 Å². The van der Waals surface area contributed by atoms with Gasteiger partial charge in [-0.2, -0.15) is 5.10 Å². The normalized spacial score (nSPS) is 16.6. The molecule has 0 N–H and O–H groups in total. The van der Waals surface area contributed by atoms with Crippen molar-refractivity contribution >= 4 is 19.7 Å². The predicted octanol–water partition coefficient (Wildman–Crippen LogP) is 2.49. The fourth-order valence-corrected chi connectivity index (χ4v) is 2.87. The maximum absolute atomic E-state index is 11.4. The molecule has 1 fully saturated rings. The molecule has 0 spiro atoms. The lowest BCUT2D eigenvalue weighted by Crippen LogP contribution is -2.06. The smallest absolute Gasteiger partial charge is 0.264 e. The molecular weight excluding hydrogens is 248 g/mol. The van der Waals surface area contributed by atoms with Crippen molar-refractivity contribution in [2.75, 3.05) is 0 Å². The molecule has 1 aromatic heterocycles. The molecule has 1 aliphatic rings. The molecule has 2 rings (SSSR count). The molecule has 1 saturated carbocycles. The summed E-state index contributed by atoms with van der Waals surface area (Å²) >= 11 is 0. The molecule has 0 atom stereocenters. The van der Waals surface area contributed by atoms with Gasteiger partial charge in [-0.3, -0.25) is 4.68 Å². The third kappa shape index (κ3) is 2.40. The third-order valence-electron chi connectivity index (χ3n) is 2.80. The van der Waals surface area contributed by atoms with Gasteiger partial charge in [0.1, 0.15) is 4.90 Å². The lowest BCUT2D eigenvalue weighted by atomic mass is 10.3. The lowest BCUT2D eigenvalue weighted by molar-refractivity contribution is 0.545. The monoisotopic (exact) mass is 262 g/mol. The summed E-state index contributed by atoms with van der Waals surface area (Å²) in [5, 5.41) is 4.13. The Kier molecular flexibility index (Phi) is 3.26. The van der Waals surface area contributed by atoms with Crippen molar-refractivity contribution in [2.24, 2.45) is 0 Å². The van der Waals surface area contributed by atoms with Gasteiger partial charge in [-0.25, -0.2) is 8.42 Å². The minimum Gasteiger partial charge on any atom is -0.268 e. The van der Waals surface area contributed by atoms with Crippen LogP contribution in [0.1, 0.15) is 44.2 Å². The van der Waals surface area contributed by atoms with Gasteiger partial charge in [0.2, 0.25) is 0 Å². The Balaban J connectivity index is 2.36. The number of rotatable bonds is 5. The molecular formula is C10H15ClN2O2S. The van der Waals surface area contributed by atoms with E-state index in [1.165, 1.54) is 6.20 Å². The van der Waals surface area contributed by atoms with Crippen molar-refractivity contribution in [1.82, 2.24) is 9.78 Å². The van der Waals surface area contributed by atoms with E-state index in [2.05, 4.69) is 12.0 Å². The zero-order valence-corrected chi connectivity index (χ0v) is 10.8. The van der Waals surface area contributed by atoms with Crippen LogP contribution in [-0.4, -0.2) is 18.2 Å². The number of aromatic nitrogens is 2. The van der Waals surface area contributed by atoms with Crippen LogP contribution >= 0.6 is 10.7 Å². The van der Waals surface area contributed by atoms with Crippen molar-refractivity contribution in [2.45, 2.75) is 50.0 Å². The highest BCUT2D eigenvalue weighted by molar-refractivity contribution is 8.13. The average molecular weight is 263 g/mol. The Morgan fingerprint density at radius 3 is 2.75 bits per heavy atom. The van der Waals surface area contributed by atoms with Crippen LogP contribution in [0.2, 0.25) is 0 Å². The molecule has 16 heavy (non-hydrogen) atoms. The van der Waals surface area contributed by atoms with Crippen LogP contribution in [0.3, 0.4) is 0 Å².